The van der Waals surface area contributed by atoms with Gasteiger partial charge in [0.05, 0.1) is 0 Å². The van der Waals surface area contributed by atoms with Gasteiger partial charge in [-0.15, -0.1) is 0 Å². The third-order valence-corrected chi connectivity index (χ3v) is 3.14. The first-order chi connectivity index (χ1) is 6.15. The zero-order chi connectivity index (χ0) is 9.84. The molecule has 0 amide bonds. The van der Waals surface area contributed by atoms with Gasteiger partial charge in [-0.05, 0) is 19.1 Å². The maximum absolute atomic E-state index is 5.99. The molecule has 1 aromatic carbocycles. The van der Waals surface area contributed by atoms with Crippen molar-refractivity contribution < 1.29 is 0 Å². The van der Waals surface area contributed by atoms with E-state index in [0.717, 1.165) is 10.9 Å². The second-order valence-electron chi connectivity index (χ2n) is 2.76. The summed E-state index contributed by atoms with van der Waals surface area (Å²) in [6, 6.07) is 5.51. The van der Waals surface area contributed by atoms with Crippen LogP contribution in [0.1, 0.15) is 12.5 Å². The fourth-order valence-electron chi connectivity index (χ4n) is 0.934. The van der Waals surface area contributed by atoms with Crippen molar-refractivity contribution in [1.29, 1.82) is 0 Å². The molecule has 0 saturated heterocycles. The molecule has 0 radical (unpaired) electrons. The summed E-state index contributed by atoms with van der Waals surface area (Å²) < 4.78 is 0. The Labute approximate surface area is 96.7 Å². The molecule has 0 bridgehead atoms. The minimum atomic E-state index is 0.688. The predicted octanol–water partition coefficient (Wildman–Crippen LogP) is 4.79. The predicted molar refractivity (Wildman–Crippen MR) is 63.9 cm³/mol. The average molecular weight is 280 g/mol. The molecule has 0 atom stereocenters. The van der Waals surface area contributed by atoms with Crippen LogP contribution in [0.3, 0.4) is 0 Å². The molecule has 0 spiro atoms. The second kappa shape index (κ2) is 5.04. The van der Waals surface area contributed by atoms with E-state index in [2.05, 4.69) is 15.9 Å². The van der Waals surface area contributed by atoms with Crippen LogP contribution in [-0.4, -0.2) is 5.33 Å². The summed E-state index contributed by atoms with van der Waals surface area (Å²) in [7, 11) is 0. The lowest BCUT2D eigenvalue weighted by atomic mass is 10.1. The molecule has 0 aliphatic heterocycles. The van der Waals surface area contributed by atoms with Gasteiger partial charge in [0.25, 0.3) is 0 Å². The molecule has 0 saturated carbocycles. The molecule has 1 rings (SSSR count). The number of benzene rings is 1. The maximum atomic E-state index is 5.99. The largest absolute Gasteiger partial charge is 0.0880 e. The van der Waals surface area contributed by atoms with Crippen LogP contribution in [0.2, 0.25) is 10.0 Å². The average Bonchev–Trinajstić information content (AvgIpc) is 2.11. The van der Waals surface area contributed by atoms with Gasteiger partial charge < -0.3 is 0 Å². The molecular weight excluding hydrogens is 271 g/mol. The maximum Gasteiger partial charge on any atom is 0.0493 e. The van der Waals surface area contributed by atoms with Gasteiger partial charge in [0.1, 0.15) is 0 Å². The molecule has 1 aromatic rings. The molecule has 0 aliphatic carbocycles. The summed E-state index contributed by atoms with van der Waals surface area (Å²) in [5, 5.41) is 2.20. The van der Waals surface area contributed by atoms with Crippen molar-refractivity contribution in [2.24, 2.45) is 0 Å². The Kier molecular flexibility index (Phi) is 4.30. The molecular formula is C10H9BrCl2. The van der Waals surface area contributed by atoms with Crippen molar-refractivity contribution in [2.45, 2.75) is 6.92 Å². The normalized spacial score (nSPS) is 11.8. The Morgan fingerprint density at radius 1 is 1.38 bits per heavy atom. The number of rotatable bonds is 2. The zero-order valence-electron chi connectivity index (χ0n) is 7.15. The Balaban J connectivity index is 3.14. The lowest BCUT2D eigenvalue weighted by molar-refractivity contribution is 1.45. The van der Waals surface area contributed by atoms with Crippen molar-refractivity contribution in [1.82, 2.24) is 0 Å². The van der Waals surface area contributed by atoms with Gasteiger partial charge in [0.15, 0.2) is 0 Å². The molecule has 70 valence electrons. The van der Waals surface area contributed by atoms with Crippen molar-refractivity contribution in [3.63, 3.8) is 0 Å². The van der Waals surface area contributed by atoms with E-state index in [1.54, 1.807) is 0 Å². The summed E-state index contributed by atoms with van der Waals surface area (Å²) in [6.07, 6.45) is 1.99. The standard InChI is InChI=1S/C10H9BrCl2/c1-7(6-11)5-8-9(12)3-2-4-10(8)13/h2-5H,6H2,1H3. The van der Waals surface area contributed by atoms with Gasteiger partial charge in [-0.1, -0.05) is 56.8 Å². The molecule has 0 aromatic heterocycles. The fourth-order valence-corrected chi connectivity index (χ4v) is 1.60. The number of hydrogen-bond donors (Lipinski definition) is 0. The summed E-state index contributed by atoms with van der Waals surface area (Å²) in [4.78, 5) is 0. The zero-order valence-corrected chi connectivity index (χ0v) is 10.2. The molecule has 0 aliphatic rings. The number of alkyl halides is 1. The third kappa shape index (κ3) is 3.01. The second-order valence-corrected chi connectivity index (χ2v) is 4.13. The first-order valence-corrected chi connectivity index (χ1v) is 5.70. The monoisotopic (exact) mass is 278 g/mol. The Bertz CT molecular complexity index is 311. The minimum Gasteiger partial charge on any atom is -0.0880 e. The number of allylic oxidation sites excluding steroid dienone is 1. The van der Waals surface area contributed by atoms with Gasteiger partial charge in [0.2, 0.25) is 0 Å². The van der Waals surface area contributed by atoms with E-state index >= 15 is 0 Å². The van der Waals surface area contributed by atoms with E-state index in [-0.39, 0.29) is 0 Å². The third-order valence-electron chi connectivity index (χ3n) is 1.60. The molecule has 0 heterocycles. The van der Waals surface area contributed by atoms with Crippen LogP contribution in [0.4, 0.5) is 0 Å². The molecule has 13 heavy (non-hydrogen) atoms. The van der Waals surface area contributed by atoms with Gasteiger partial charge in [-0.2, -0.15) is 0 Å². The molecule has 0 nitrogen and oxygen atoms in total. The van der Waals surface area contributed by atoms with Gasteiger partial charge in [0, 0.05) is 20.9 Å². The highest BCUT2D eigenvalue weighted by molar-refractivity contribution is 9.09. The van der Waals surface area contributed by atoms with Gasteiger partial charge in [-0.3, -0.25) is 0 Å². The summed E-state index contributed by atoms with van der Waals surface area (Å²) in [5.74, 6) is 0. The van der Waals surface area contributed by atoms with Crippen LogP contribution in [0, 0.1) is 0 Å². The van der Waals surface area contributed by atoms with E-state index in [1.807, 2.05) is 31.2 Å². The first kappa shape index (κ1) is 11.1. The molecule has 0 unspecified atom stereocenters. The van der Waals surface area contributed by atoms with Crippen molar-refractivity contribution >= 4 is 45.2 Å². The Morgan fingerprint density at radius 2 is 1.92 bits per heavy atom. The van der Waals surface area contributed by atoms with Crippen LogP contribution in [0.25, 0.3) is 6.08 Å². The Morgan fingerprint density at radius 3 is 2.38 bits per heavy atom. The van der Waals surface area contributed by atoms with Gasteiger partial charge >= 0.3 is 0 Å². The van der Waals surface area contributed by atoms with Crippen LogP contribution < -0.4 is 0 Å². The number of hydrogen-bond acceptors (Lipinski definition) is 0. The highest BCUT2D eigenvalue weighted by atomic mass is 79.9. The quantitative estimate of drug-likeness (QED) is 0.683. The van der Waals surface area contributed by atoms with Crippen molar-refractivity contribution in [3.8, 4) is 0 Å². The highest BCUT2D eigenvalue weighted by Gasteiger charge is 2.01. The van der Waals surface area contributed by atoms with E-state index in [4.69, 9.17) is 23.2 Å². The van der Waals surface area contributed by atoms with Crippen LogP contribution in [0.15, 0.2) is 23.8 Å². The number of halogens is 3. The lowest BCUT2D eigenvalue weighted by Gasteiger charge is -2.02. The SMILES string of the molecule is CC(=Cc1c(Cl)cccc1Cl)CBr. The van der Waals surface area contributed by atoms with Crippen molar-refractivity contribution in [3.05, 3.63) is 39.4 Å². The van der Waals surface area contributed by atoms with Crippen LogP contribution in [0.5, 0.6) is 0 Å². The summed E-state index contributed by atoms with van der Waals surface area (Å²) in [5.41, 5.74) is 2.08. The van der Waals surface area contributed by atoms with E-state index in [0.29, 0.717) is 10.0 Å². The van der Waals surface area contributed by atoms with E-state index < -0.39 is 0 Å². The smallest absolute Gasteiger partial charge is 0.0493 e. The fraction of sp³-hybridized carbons (Fsp3) is 0.200. The molecule has 0 N–H and O–H groups in total. The van der Waals surface area contributed by atoms with Crippen LogP contribution in [-0.2, 0) is 0 Å². The summed E-state index contributed by atoms with van der Waals surface area (Å²) in [6.45, 7) is 2.02. The Hall–Kier alpha value is 0.0200. The van der Waals surface area contributed by atoms with E-state index in [1.165, 1.54) is 5.57 Å². The van der Waals surface area contributed by atoms with Crippen LogP contribution >= 0.6 is 39.1 Å². The molecule has 3 heteroatoms. The summed E-state index contributed by atoms with van der Waals surface area (Å²) >= 11 is 15.3. The minimum absolute atomic E-state index is 0.688. The lowest BCUT2D eigenvalue weighted by Crippen LogP contribution is -1.81. The van der Waals surface area contributed by atoms with E-state index in [9.17, 15) is 0 Å². The topological polar surface area (TPSA) is 0 Å². The first-order valence-electron chi connectivity index (χ1n) is 3.82. The van der Waals surface area contributed by atoms with Crippen molar-refractivity contribution in [2.75, 3.05) is 5.33 Å². The molecule has 0 fully saturated rings. The van der Waals surface area contributed by atoms with Gasteiger partial charge in [-0.25, -0.2) is 0 Å². The highest BCUT2D eigenvalue weighted by Crippen LogP contribution is 2.26.